The van der Waals surface area contributed by atoms with Gasteiger partial charge in [-0.05, 0) is 31.6 Å². The van der Waals surface area contributed by atoms with Crippen molar-refractivity contribution in [3.63, 3.8) is 0 Å². The molecular formula is C12H18O. The Morgan fingerprint density at radius 2 is 2.00 bits per heavy atom. The first-order valence-electron chi connectivity index (χ1n) is 5.04. The molecule has 0 bridgehead atoms. The zero-order chi connectivity index (χ0) is 9.68. The molecule has 0 N–H and O–H groups in total. The largest absolute Gasteiger partial charge is 0.299 e. The molecule has 1 nitrogen and oxygen atoms in total. The Balaban J connectivity index is 2.61. The van der Waals surface area contributed by atoms with Gasteiger partial charge in [0, 0.05) is 12.3 Å². The minimum absolute atomic E-state index is 0.226. The van der Waals surface area contributed by atoms with Crippen LogP contribution in [0.15, 0.2) is 25.3 Å². The predicted octanol–water partition coefficient (Wildman–Crippen LogP) is 3.12. The summed E-state index contributed by atoms with van der Waals surface area (Å²) in [6.45, 7) is 7.44. The standard InChI is InChI=1S/C12H18O/c1-3-6-10-8-5-9-12(13)11(10)7-4-2/h3-4,10-11H,1-2,5-9H2. The Hall–Kier alpha value is -0.850. The van der Waals surface area contributed by atoms with E-state index in [2.05, 4.69) is 13.2 Å². The molecule has 0 aromatic heterocycles. The van der Waals surface area contributed by atoms with Crippen LogP contribution in [0.5, 0.6) is 0 Å². The summed E-state index contributed by atoms with van der Waals surface area (Å²) in [4.78, 5) is 11.6. The van der Waals surface area contributed by atoms with E-state index in [1.54, 1.807) is 0 Å². The van der Waals surface area contributed by atoms with Gasteiger partial charge in [0.15, 0.2) is 0 Å². The number of hydrogen-bond donors (Lipinski definition) is 0. The molecule has 1 heteroatoms. The van der Waals surface area contributed by atoms with Gasteiger partial charge in [-0.2, -0.15) is 0 Å². The number of Topliss-reactive ketones (excluding diaryl/α,β-unsaturated/α-hetero) is 1. The summed E-state index contributed by atoms with van der Waals surface area (Å²) in [5.74, 6) is 1.18. The number of allylic oxidation sites excluding steroid dienone is 2. The minimum Gasteiger partial charge on any atom is -0.299 e. The van der Waals surface area contributed by atoms with Crippen molar-refractivity contribution in [3.05, 3.63) is 25.3 Å². The molecule has 1 aliphatic rings. The molecule has 1 saturated carbocycles. The highest BCUT2D eigenvalue weighted by molar-refractivity contribution is 5.82. The second-order valence-electron chi connectivity index (χ2n) is 3.77. The summed E-state index contributed by atoms with van der Waals surface area (Å²) in [5.41, 5.74) is 0. The van der Waals surface area contributed by atoms with E-state index in [1.807, 2.05) is 12.2 Å². The average molecular weight is 178 g/mol. The summed E-state index contributed by atoms with van der Waals surface area (Å²) in [6.07, 6.45) is 8.62. The Bertz CT molecular complexity index is 205. The van der Waals surface area contributed by atoms with Gasteiger partial charge in [0.25, 0.3) is 0 Å². The molecule has 72 valence electrons. The molecule has 0 aromatic rings. The lowest BCUT2D eigenvalue weighted by Gasteiger charge is -2.28. The van der Waals surface area contributed by atoms with Gasteiger partial charge in [-0.15, -0.1) is 13.2 Å². The van der Waals surface area contributed by atoms with Gasteiger partial charge in [-0.1, -0.05) is 12.2 Å². The SMILES string of the molecule is C=CCC1CCCC(=O)C1CC=C. The third kappa shape index (κ3) is 2.55. The van der Waals surface area contributed by atoms with Crippen LogP contribution in [0.1, 0.15) is 32.1 Å². The van der Waals surface area contributed by atoms with E-state index in [1.165, 1.54) is 6.42 Å². The van der Waals surface area contributed by atoms with Gasteiger partial charge < -0.3 is 0 Å². The Morgan fingerprint density at radius 3 is 2.62 bits per heavy atom. The lowest BCUT2D eigenvalue weighted by atomic mass is 9.75. The highest BCUT2D eigenvalue weighted by Gasteiger charge is 2.29. The monoisotopic (exact) mass is 178 g/mol. The first-order chi connectivity index (χ1) is 6.29. The molecule has 0 radical (unpaired) electrons. The zero-order valence-corrected chi connectivity index (χ0v) is 8.17. The number of hydrogen-bond acceptors (Lipinski definition) is 1. The van der Waals surface area contributed by atoms with Crippen molar-refractivity contribution in [1.82, 2.24) is 0 Å². The summed E-state index contributed by atoms with van der Waals surface area (Å²) in [5, 5.41) is 0. The fraction of sp³-hybridized carbons (Fsp3) is 0.583. The van der Waals surface area contributed by atoms with Crippen LogP contribution < -0.4 is 0 Å². The van der Waals surface area contributed by atoms with Crippen molar-refractivity contribution in [3.8, 4) is 0 Å². The van der Waals surface area contributed by atoms with Crippen molar-refractivity contribution in [2.24, 2.45) is 11.8 Å². The summed E-state index contributed by atoms with van der Waals surface area (Å²) < 4.78 is 0. The third-order valence-electron chi connectivity index (χ3n) is 2.87. The van der Waals surface area contributed by atoms with E-state index < -0.39 is 0 Å². The third-order valence-corrected chi connectivity index (χ3v) is 2.87. The van der Waals surface area contributed by atoms with Crippen LogP contribution in [-0.4, -0.2) is 5.78 Å². The van der Waals surface area contributed by atoms with Crippen LogP contribution in [0, 0.1) is 11.8 Å². The fourth-order valence-corrected chi connectivity index (χ4v) is 2.19. The first-order valence-corrected chi connectivity index (χ1v) is 5.04. The molecular weight excluding hydrogens is 160 g/mol. The second-order valence-corrected chi connectivity index (χ2v) is 3.77. The minimum atomic E-state index is 0.226. The zero-order valence-electron chi connectivity index (χ0n) is 8.17. The maximum absolute atomic E-state index is 11.6. The van der Waals surface area contributed by atoms with Gasteiger partial charge >= 0.3 is 0 Å². The van der Waals surface area contributed by atoms with Gasteiger partial charge in [0.05, 0.1) is 0 Å². The molecule has 0 heterocycles. The van der Waals surface area contributed by atoms with E-state index >= 15 is 0 Å². The molecule has 0 amide bonds. The van der Waals surface area contributed by atoms with Crippen LogP contribution >= 0.6 is 0 Å². The second kappa shape index (κ2) is 5.00. The van der Waals surface area contributed by atoms with Crippen LogP contribution in [0.4, 0.5) is 0 Å². The maximum Gasteiger partial charge on any atom is 0.136 e. The topological polar surface area (TPSA) is 17.1 Å². The molecule has 1 fully saturated rings. The Morgan fingerprint density at radius 1 is 1.31 bits per heavy atom. The van der Waals surface area contributed by atoms with Crippen molar-refractivity contribution in [2.75, 3.05) is 0 Å². The van der Waals surface area contributed by atoms with Crippen LogP contribution in [0.2, 0.25) is 0 Å². The van der Waals surface area contributed by atoms with Crippen LogP contribution in [0.25, 0.3) is 0 Å². The van der Waals surface area contributed by atoms with E-state index in [0.29, 0.717) is 11.7 Å². The van der Waals surface area contributed by atoms with E-state index in [9.17, 15) is 4.79 Å². The Labute approximate surface area is 80.5 Å². The van der Waals surface area contributed by atoms with Gasteiger partial charge in [-0.3, -0.25) is 4.79 Å². The first kappa shape index (κ1) is 10.2. The quantitative estimate of drug-likeness (QED) is 0.604. The fourth-order valence-electron chi connectivity index (χ4n) is 2.19. The lowest BCUT2D eigenvalue weighted by molar-refractivity contribution is -0.126. The van der Waals surface area contributed by atoms with E-state index in [-0.39, 0.29) is 5.92 Å². The molecule has 13 heavy (non-hydrogen) atoms. The van der Waals surface area contributed by atoms with Crippen LogP contribution in [0.3, 0.4) is 0 Å². The van der Waals surface area contributed by atoms with Crippen LogP contribution in [-0.2, 0) is 4.79 Å². The van der Waals surface area contributed by atoms with Crippen molar-refractivity contribution in [1.29, 1.82) is 0 Å². The molecule has 1 aliphatic carbocycles. The normalized spacial score (nSPS) is 28.5. The molecule has 2 atom stereocenters. The molecule has 0 saturated heterocycles. The highest BCUT2D eigenvalue weighted by atomic mass is 16.1. The Kier molecular flexibility index (Phi) is 3.94. The summed E-state index contributed by atoms with van der Waals surface area (Å²) in [7, 11) is 0. The van der Waals surface area contributed by atoms with Gasteiger partial charge in [0.1, 0.15) is 5.78 Å². The van der Waals surface area contributed by atoms with E-state index in [4.69, 9.17) is 0 Å². The van der Waals surface area contributed by atoms with E-state index in [0.717, 1.165) is 25.7 Å². The van der Waals surface area contributed by atoms with Gasteiger partial charge in [-0.25, -0.2) is 0 Å². The van der Waals surface area contributed by atoms with Crippen molar-refractivity contribution < 1.29 is 4.79 Å². The lowest BCUT2D eigenvalue weighted by Crippen LogP contribution is -2.27. The molecule has 1 rings (SSSR count). The predicted molar refractivity (Wildman–Crippen MR) is 55.5 cm³/mol. The summed E-state index contributed by atoms with van der Waals surface area (Å²) in [6, 6.07) is 0. The van der Waals surface area contributed by atoms with Crippen molar-refractivity contribution in [2.45, 2.75) is 32.1 Å². The highest BCUT2D eigenvalue weighted by Crippen LogP contribution is 2.32. The summed E-state index contributed by atoms with van der Waals surface area (Å²) >= 11 is 0. The van der Waals surface area contributed by atoms with Crippen molar-refractivity contribution >= 4 is 5.78 Å². The maximum atomic E-state index is 11.6. The number of carbonyl (C=O) groups is 1. The molecule has 0 aliphatic heterocycles. The number of rotatable bonds is 4. The number of ketones is 1. The average Bonchev–Trinajstić information content (AvgIpc) is 2.11. The molecule has 0 aromatic carbocycles. The molecule has 0 spiro atoms. The van der Waals surface area contributed by atoms with Gasteiger partial charge in [0.2, 0.25) is 0 Å². The molecule has 2 unspecified atom stereocenters. The number of carbonyl (C=O) groups excluding carboxylic acids is 1. The smallest absolute Gasteiger partial charge is 0.136 e.